The average Bonchev–Trinajstić information content (AvgIpc) is 2.88. The van der Waals surface area contributed by atoms with Crippen LogP contribution in [0.5, 0.6) is 0 Å². The van der Waals surface area contributed by atoms with E-state index >= 15 is 0 Å². The van der Waals surface area contributed by atoms with Crippen LogP contribution in [0.2, 0.25) is 0 Å². The monoisotopic (exact) mass is 238 g/mol. The van der Waals surface area contributed by atoms with Gasteiger partial charge < -0.3 is 5.11 Å². The lowest BCUT2D eigenvalue weighted by molar-refractivity contribution is 0.281. The van der Waals surface area contributed by atoms with Gasteiger partial charge in [-0.3, -0.25) is 0 Å². The highest BCUT2D eigenvalue weighted by Crippen LogP contribution is 2.39. The van der Waals surface area contributed by atoms with Gasteiger partial charge in [-0.15, -0.1) is 0 Å². The zero-order valence-electron chi connectivity index (χ0n) is 7.20. The van der Waals surface area contributed by atoms with Gasteiger partial charge in [0, 0.05) is 17.0 Å². The fourth-order valence-electron chi connectivity index (χ4n) is 1.38. The molecule has 1 N–H and O–H groups in total. The van der Waals surface area contributed by atoms with Crippen LogP contribution in [-0.4, -0.2) is 11.7 Å². The van der Waals surface area contributed by atoms with Gasteiger partial charge in [-0.1, -0.05) is 45.8 Å². The van der Waals surface area contributed by atoms with Gasteiger partial charge in [0.2, 0.25) is 0 Å². The van der Waals surface area contributed by atoms with Crippen LogP contribution < -0.4 is 0 Å². The standard InChI is InChI=1S/C11H11BrO/c12-11-4-2-1-3-8(11)5-9-6-10(9)7-13/h1-5,10,13H,6-7H2/b9-5-. The molecule has 1 atom stereocenters. The molecule has 0 bridgehead atoms. The second kappa shape index (κ2) is 3.64. The second-order valence-corrected chi connectivity index (χ2v) is 4.18. The lowest BCUT2D eigenvalue weighted by atomic mass is 10.2. The Kier molecular flexibility index (Phi) is 2.51. The van der Waals surface area contributed by atoms with Gasteiger partial charge in [0.05, 0.1) is 0 Å². The zero-order valence-corrected chi connectivity index (χ0v) is 8.79. The van der Waals surface area contributed by atoms with Gasteiger partial charge in [0.25, 0.3) is 0 Å². The SMILES string of the molecule is OCC1C/C1=C/c1ccccc1Br. The third-order valence-electron chi connectivity index (χ3n) is 2.31. The number of benzene rings is 1. The first-order chi connectivity index (χ1) is 6.31. The number of rotatable bonds is 2. The molecule has 0 saturated heterocycles. The van der Waals surface area contributed by atoms with Crippen LogP contribution in [0.25, 0.3) is 6.08 Å². The van der Waals surface area contributed by atoms with E-state index in [0.717, 1.165) is 10.9 Å². The molecule has 13 heavy (non-hydrogen) atoms. The predicted molar refractivity (Wildman–Crippen MR) is 57.3 cm³/mol. The van der Waals surface area contributed by atoms with Crippen LogP contribution in [0, 0.1) is 5.92 Å². The highest BCUT2D eigenvalue weighted by atomic mass is 79.9. The molecule has 2 heteroatoms. The van der Waals surface area contributed by atoms with E-state index in [1.807, 2.05) is 18.2 Å². The number of hydrogen-bond donors (Lipinski definition) is 1. The van der Waals surface area contributed by atoms with Crippen molar-refractivity contribution in [1.29, 1.82) is 0 Å². The summed E-state index contributed by atoms with van der Waals surface area (Å²) in [7, 11) is 0. The maximum atomic E-state index is 8.87. The van der Waals surface area contributed by atoms with Crippen LogP contribution in [0.15, 0.2) is 34.3 Å². The van der Waals surface area contributed by atoms with Gasteiger partial charge in [0.15, 0.2) is 0 Å². The molecule has 1 nitrogen and oxygen atoms in total. The fourth-order valence-corrected chi connectivity index (χ4v) is 1.78. The van der Waals surface area contributed by atoms with E-state index < -0.39 is 0 Å². The van der Waals surface area contributed by atoms with E-state index in [9.17, 15) is 0 Å². The molecule has 0 amide bonds. The Morgan fingerprint density at radius 2 is 2.23 bits per heavy atom. The zero-order chi connectivity index (χ0) is 9.26. The van der Waals surface area contributed by atoms with Gasteiger partial charge >= 0.3 is 0 Å². The summed E-state index contributed by atoms with van der Waals surface area (Å²) < 4.78 is 1.12. The molecule has 1 aromatic carbocycles. The number of aliphatic hydroxyl groups is 1. The van der Waals surface area contributed by atoms with Gasteiger partial charge in [-0.05, 0) is 18.1 Å². The third kappa shape index (κ3) is 2.01. The Morgan fingerprint density at radius 3 is 2.85 bits per heavy atom. The molecule has 0 aliphatic heterocycles. The van der Waals surface area contributed by atoms with Crippen molar-refractivity contribution in [2.45, 2.75) is 6.42 Å². The summed E-state index contributed by atoms with van der Waals surface area (Å²) >= 11 is 3.49. The number of hydrogen-bond acceptors (Lipinski definition) is 1. The van der Waals surface area contributed by atoms with Gasteiger partial charge in [0.1, 0.15) is 0 Å². The van der Waals surface area contributed by atoms with Crippen molar-refractivity contribution in [2.24, 2.45) is 5.92 Å². The first-order valence-electron chi connectivity index (χ1n) is 4.37. The molecule has 1 aliphatic carbocycles. The summed E-state index contributed by atoms with van der Waals surface area (Å²) in [5.74, 6) is 0.423. The van der Waals surface area contributed by atoms with Crippen molar-refractivity contribution in [3.8, 4) is 0 Å². The topological polar surface area (TPSA) is 20.2 Å². The van der Waals surface area contributed by atoms with Crippen molar-refractivity contribution < 1.29 is 5.11 Å². The number of aliphatic hydroxyl groups excluding tert-OH is 1. The first-order valence-corrected chi connectivity index (χ1v) is 5.16. The van der Waals surface area contributed by atoms with Crippen LogP contribution in [0.3, 0.4) is 0 Å². The Hall–Kier alpha value is -0.600. The van der Waals surface area contributed by atoms with E-state index in [-0.39, 0.29) is 6.61 Å². The highest BCUT2D eigenvalue weighted by Gasteiger charge is 2.28. The molecule has 1 aliphatic rings. The smallest absolute Gasteiger partial charge is 0.0499 e. The molecule has 0 heterocycles. The molecule has 1 fully saturated rings. The first kappa shape index (κ1) is 8.97. The second-order valence-electron chi connectivity index (χ2n) is 3.32. The summed E-state index contributed by atoms with van der Waals surface area (Å²) in [4.78, 5) is 0. The largest absolute Gasteiger partial charge is 0.396 e. The molecule has 68 valence electrons. The third-order valence-corrected chi connectivity index (χ3v) is 3.04. The van der Waals surface area contributed by atoms with E-state index in [1.54, 1.807) is 0 Å². The molecule has 1 aromatic rings. The van der Waals surface area contributed by atoms with Gasteiger partial charge in [-0.25, -0.2) is 0 Å². The minimum atomic E-state index is 0.288. The number of halogens is 1. The van der Waals surface area contributed by atoms with Crippen molar-refractivity contribution in [3.05, 3.63) is 39.9 Å². The van der Waals surface area contributed by atoms with E-state index in [0.29, 0.717) is 5.92 Å². The summed E-state index contributed by atoms with van der Waals surface area (Å²) in [6, 6.07) is 8.13. The Balaban J connectivity index is 2.20. The maximum Gasteiger partial charge on any atom is 0.0499 e. The Labute approximate surface area is 86.2 Å². The maximum absolute atomic E-state index is 8.87. The Bertz CT molecular complexity index is 344. The molecular formula is C11H11BrO. The lowest BCUT2D eigenvalue weighted by Crippen LogP contribution is -1.81. The van der Waals surface area contributed by atoms with Gasteiger partial charge in [-0.2, -0.15) is 0 Å². The van der Waals surface area contributed by atoms with Crippen LogP contribution in [0.4, 0.5) is 0 Å². The van der Waals surface area contributed by atoms with E-state index in [4.69, 9.17) is 5.11 Å². The summed E-state index contributed by atoms with van der Waals surface area (Å²) in [6.07, 6.45) is 3.21. The predicted octanol–water partition coefficient (Wildman–Crippen LogP) is 2.84. The fraction of sp³-hybridized carbons (Fsp3) is 0.273. The molecule has 1 saturated carbocycles. The quantitative estimate of drug-likeness (QED) is 0.841. The molecule has 0 spiro atoms. The van der Waals surface area contributed by atoms with E-state index in [1.165, 1.54) is 11.1 Å². The normalized spacial score (nSPS) is 23.5. The minimum absolute atomic E-state index is 0.288. The lowest BCUT2D eigenvalue weighted by Gasteiger charge is -1.95. The molecule has 0 aromatic heterocycles. The van der Waals surface area contributed by atoms with Crippen molar-refractivity contribution in [2.75, 3.05) is 6.61 Å². The molecule has 2 rings (SSSR count). The van der Waals surface area contributed by atoms with Crippen LogP contribution in [0.1, 0.15) is 12.0 Å². The van der Waals surface area contributed by atoms with Crippen molar-refractivity contribution in [3.63, 3.8) is 0 Å². The summed E-state index contributed by atoms with van der Waals surface area (Å²) in [5.41, 5.74) is 2.56. The average molecular weight is 239 g/mol. The molecular weight excluding hydrogens is 228 g/mol. The van der Waals surface area contributed by atoms with E-state index in [2.05, 4.69) is 28.1 Å². The minimum Gasteiger partial charge on any atom is -0.396 e. The highest BCUT2D eigenvalue weighted by molar-refractivity contribution is 9.10. The summed E-state index contributed by atoms with van der Waals surface area (Å²) in [5, 5.41) is 8.87. The molecule has 1 unspecified atom stereocenters. The van der Waals surface area contributed by atoms with Crippen LogP contribution >= 0.6 is 15.9 Å². The van der Waals surface area contributed by atoms with Crippen molar-refractivity contribution in [1.82, 2.24) is 0 Å². The Morgan fingerprint density at radius 1 is 1.46 bits per heavy atom. The van der Waals surface area contributed by atoms with Crippen LogP contribution in [-0.2, 0) is 0 Å². The molecule has 0 radical (unpaired) electrons. The van der Waals surface area contributed by atoms with Crippen molar-refractivity contribution >= 4 is 22.0 Å². The summed E-state index contributed by atoms with van der Waals surface area (Å²) in [6.45, 7) is 0.288.